The van der Waals surface area contributed by atoms with E-state index in [1.54, 1.807) is 31.4 Å². The number of amides is 1. The molecular formula is C21H24N6O3. The average molecular weight is 408 g/mol. The fraction of sp³-hybridized carbons (Fsp3) is 0.333. The summed E-state index contributed by atoms with van der Waals surface area (Å²) in [5.74, 6) is 0.988. The Kier molecular flexibility index (Phi) is 6.31. The zero-order valence-electron chi connectivity index (χ0n) is 16.8. The molecule has 2 heterocycles. The van der Waals surface area contributed by atoms with Crippen LogP contribution in [0, 0.1) is 0 Å². The monoisotopic (exact) mass is 408 g/mol. The highest BCUT2D eigenvalue weighted by molar-refractivity contribution is 5.90. The molecule has 156 valence electrons. The summed E-state index contributed by atoms with van der Waals surface area (Å²) in [7, 11) is 1.60. The number of nitrogens with zero attached hydrogens (tertiary/aromatic N) is 5. The third-order valence-electron chi connectivity index (χ3n) is 4.83. The summed E-state index contributed by atoms with van der Waals surface area (Å²) < 4.78 is 10.5. The quantitative estimate of drug-likeness (QED) is 0.637. The number of carbonyl (C=O) groups excluding carboxylic acids is 1. The van der Waals surface area contributed by atoms with Crippen LogP contribution in [0.5, 0.6) is 5.75 Å². The number of nitrogens with one attached hydrogen (secondary N) is 1. The highest BCUT2D eigenvalue weighted by Gasteiger charge is 2.12. The Balaban J connectivity index is 1.33. The number of methoxy groups -OCH3 is 1. The van der Waals surface area contributed by atoms with Gasteiger partial charge in [0.25, 0.3) is 0 Å². The van der Waals surface area contributed by atoms with Gasteiger partial charge < -0.3 is 14.8 Å². The zero-order valence-corrected chi connectivity index (χ0v) is 16.8. The maximum absolute atomic E-state index is 12.2. The van der Waals surface area contributed by atoms with Gasteiger partial charge in [0.2, 0.25) is 11.7 Å². The highest BCUT2D eigenvalue weighted by Crippen LogP contribution is 2.17. The van der Waals surface area contributed by atoms with E-state index in [1.807, 2.05) is 12.1 Å². The van der Waals surface area contributed by atoms with Crippen LogP contribution in [0.4, 0.5) is 5.69 Å². The van der Waals surface area contributed by atoms with Crippen LogP contribution in [0.2, 0.25) is 0 Å². The lowest BCUT2D eigenvalue weighted by Crippen LogP contribution is -2.35. The van der Waals surface area contributed by atoms with Crippen LogP contribution >= 0.6 is 0 Å². The molecule has 0 aliphatic carbocycles. The van der Waals surface area contributed by atoms with Crippen LogP contribution in [0.25, 0.3) is 11.4 Å². The van der Waals surface area contributed by atoms with E-state index in [9.17, 15) is 4.79 Å². The molecule has 0 saturated carbocycles. The molecule has 0 radical (unpaired) electrons. The van der Waals surface area contributed by atoms with E-state index >= 15 is 0 Å². The first-order chi connectivity index (χ1) is 14.7. The van der Waals surface area contributed by atoms with Crippen molar-refractivity contribution in [2.24, 2.45) is 0 Å². The normalized spacial score (nSPS) is 14.4. The van der Waals surface area contributed by atoms with E-state index in [4.69, 9.17) is 9.47 Å². The summed E-state index contributed by atoms with van der Waals surface area (Å²) in [6.45, 7) is 4.37. The standard InChI is InChI=1S/C21H24N6O3/c1-29-19-8-6-18(7-9-19)22-20(28)15-27-24-21(23-25-27)17-4-2-16(3-5-17)14-26-10-12-30-13-11-26/h2-9H,10-15H2,1H3,(H,22,28). The van der Waals surface area contributed by atoms with Crippen molar-refractivity contribution >= 4 is 11.6 Å². The van der Waals surface area contributed by atoms with E-state index < -0.39 is 0 Å². The van der Waals surface area contributed by atoms with Crippen LogP contribution in [-0.2, 0) is 22.6 Å². The molecule has 4 rings (SSSR count). The van der Waals surface area contributed by atoms with Crippen LogP contribution in [-0.4, -0.2) is 64.4 Å². The molecule has 0 bridgehead atoms. The molecule has 1 N–H and O–H groups in total. The van der Waals surface area contributed by atoms with Gasteiger partial charge in [-0.05, 0) is 35.0 Å². The van der Waals surface area contributed by atoms with Crippen molar-refractivity contribution in [3.63, 3.8) is 0 Å². The number of rotatable bonds is 7. The Morgan fingerprint density at radius 2 is 1.83 bits per heavy atom. The lowest BCUT2D eigenvalue weighted by Gasteiger charge is -2.26. The second kappa shape index (κ2) is 9.47. The van der Waals surface area contributed by atoms with Crippen molar-refractivity contribution in [1.29, 1.82) is 0 Å². The molecule has 1 fully saturated rings. The summed E-state index contributed by atoms with van der Waals surface area (Å²) in [5.41, 5.74) is 2.77. The topological polar surface area (TPSA) is 94.4 Å². The highest BCUT2D eigenvalue weighted by atomic mass is 16.5. The van der Waals surface area contributed by atoms with Crippen LogP contribution in [0.15, 0.2) is 48.5 Å². The minimum Gasteiger partial charge on any atom is -0.497 e. The molecule has 2 aromatic carbocycles. The fourth-order valence-electron chi connectivity index (χ4n) is 3.21. The van der Waals surface area contributed by atoms with Crippen molar-refractivity contribution in [3.8, 4) is 17.1 Å². The van der Waals surface area contributed by atoms with Gasteiger partial charge in [-0.15, -0.1) is 10.2 Å². The maximum Gasteiger partial charge on any atom is 0.248 e. The van der Waals surface area contributed by atoms with E-state index in [-0.39, 0.29) is 12.5 Å². The van der Waals surface area contributed by atoms with Crippen molar-refractivity contribution in [2.75, 3.05) is 38.7 Å². The van der Waals surface area contributed by atoms with Gasteiger partial charge in [-0.1, -0.05) is 24.3 Å². The predicted molar refractivity (Wildman–Crippen MR) is 111 cm³/mol. The van der Waals surface area contributed by atoms with Gasteiger partial charge in [0.05, 0.1) is 20.3 Å². The molecule has 3 aromatic rings. The summed E-state index contributed by atoms with van der Waals surface area (Å²) in [4.78, 5) is 15.9. The van der Waals surface area contributed by atoms with Crippen LogP contribution in [0.1, 0.15) is 5.56 Å². The number of aromatic nitrogens is 4. The van der Waals surface area contributed by atoms with Crippen molar-refractivity contribution < 1.29 is 14.3 Å². The molecule has 1 aliphatic rings. The minimum atomic E-state index is -0.232. The molecule has 1 saturated heterocycles. The van der Waals surface area contributed by atoms with Gasteiger partial charge >= 0.3 is 0 Å². The minimum absolute atomic E-state index is 0.0197. The van der Waals surface area contributed by atoms with Gasteiger partial charge in [0.1, 0.15) is 12.3 Å². The van der Waals surface area contributed by atoms with Gasteiger partial charge in [-0.3, -0.25) is 9.69 Å². The lowest BCUT2D eigenvalue weighted by atomic mass is 10.1. The van der Waals surface area contributed by atoms with E-state index in [1.165, 1.54) is 10.4 Å². The average Bonchev–Trinajstić information content (AvgIpc) is 3.24. The number of hydrogen-bond donors (Lipinski definition) is 1. The van der Waals surface area contributed by atoms with Gasteiger partial charge in [0.15, 0.2) is 0 Å². The SMILES string of the molecule is COc1ccc(NC(=O)Cn2nnc(-c3ccc(CN4CCOCC4)cc3)n2)cc1. The number of ether oxygens (including phenoxy) is 2. The van der Waals surface area contributed by atoms with Crippen LogP contribution < -0.4 is 10.1 Å². The van der Waals surface area contributed by atoms with Gasteiger partial charge in [0, 0.05) is 30.9 Å². The predicted octanol–water partition coefficient (Wildman–Crippen LogP) is 1.82. The first kappa shape index (κ1) is 20.0. The summed E-state index contributed by atoms with van der Waals surface area (Å²) in [6.07, 6.45) is 0. The molecule has 30 heavy (non-hydrogen) atoms. The van der Waals surface area contributed by atoms with Gasteiger partial charge in [-0.25, -0.2) is 0 Å². The second-order valence-corrected chi connectivity index (χ2v) is 7.01. The number of morpholine rings is 1. The maximum atomic E-state index is 12.2. The Hall–Kier alpha value is -3.30. The molecular weight excluding hydrogens is 384 g/mol. The van der Waals surface area contributed by atoms with Crippen LogP contribution in [0.3, 0.4) is 0 Å². The van der Waals surface area contributed by atoms with Crippen molar-refractivity contribution in [2.45, 2.75) is 13.1 Å². The molecule has 0 atom stereocenters. The first-order valence-corrected chi connectivity index (χ1v) is 9.81. The smallest absolute Gasteiger partial charge is 0.248 e. The van der Waals surface area contributed by atoms with E-state index in [0.717, 1.165) is 44.2 Å². The molecule has 1 amide bonds. The van der Waals surface area contributed by atoms with Crippen molar-refractivity contribution in [1.82, 2.24) is 25.1 Å². The lowest BCUT2D eigenvalue weighted by molar-refractivity contribution is -0.117. The largest absolute Gasteiger partial charge is 0.497 e. The Labute approximate surface area is 174 Å². The Morgan fingerprint density at radius 1 is 1.10 bits per heavy atom. The number of anilines is 1. The Bertz CT molecular complexity index is 965. The molecule has 0 unspecified atom stereocenters. The van der Waals surface area contributed by atoms with E-state index in [2.05, 4.69) is 37.8 Å². The molecule has 9 nitrogen and oxygen atoms in total. The fourth-order valence-corrected chi connectivity index (χ4v) is 3.21. The van der Waals surface area contributed by atoms with E-state index in [0.29, 0.717) is 11.5 Å². The number of carbonyl (C=O) groups is 1. The number of benzene rings is 2. The molecule has 1 aromatic heterocycles. The first-order valence-electron chi connectivity index (χ1n) is 9.81. The zero-order chi connectivity index (χ0) is 20.8. The van der Waals surface area contributed by atoms with Crippen molar-refractivity contribution in [3.05, 3.63) is 54.1 Å². The molecule has 1 aliphatic heterocycles. The number of tetrazole rings is 1. The number of hydrogen-bond acceptors (Lipinski definition) is 7. The van der Waals surface area contributed by atoms with Gasteiger partial charge in [-0.2, -0.15) is 4.80 Å². The molecule has 0 spiro atoms. The second-order valence-electron chi connectivity index (χ2n) is 7.01. The Morgan fingerprint density at radius 3 is 2.53 bits per heavy atom. The third kappa shape index (κ3) is 5.19. The molecule has 9 heteroatoms. The summed E-state index contributed by atoms with van der Waals surface area (Å²) in [5, 5.41) is 15.2. The third-order valence-corrected chi connectivity index (χ3v) is 4.83. The summed E-state index contributed by atoms with van der Waals surface area (Å²) in [6, 6.07) is 15.2. The summed E-state index contributed by atoms with van der Waals surface area (Å²) >= 11 is 0.